The van der Waals surface area contributed by atoms with Gasteiger partial charge in [0.05, 0.1) is 29.2 Å². The van der Waals surface area contributed by atoms with Crippen LogP contribution in [0, 0.1) is 0 Å². The van der Waals surface area contributed by atoms with Crippen molar-refractivity contribution < 1.29 is 13.2 Å². The van der Waals surface area contributed by atoms with Gasteiger partial charge in [0, 0.05) is 12.6 Å². The van der Waals surface area contributed by atoms with Gasteiger partial charge in [-0.3, -0.25) is 14.3 Å². The first-order chi connectivity index (χ1) is 8.81. The van der Waals surface area contributed by atoms with Crippen LogP contribution in [0.15, 0.2) is 23.3 Å². The van der Waals surface area contributed by atoms with E-state index >= 15 is 0 Å². The highest BCUT2D eigenvalue weighted by Gasteiger charge is 2.11. The summed E-state index contributed by atoms with van der Waals surface area (Å²) in [5.74, 6) is 0. The molecule has 0 amide bonds. The van der Waals surface area contributed by atoms with E-state index in [4.69, 9.17) is 0 Å². The van der Waals surface area contributed by atoms with Crippen molar-refractivity contribution in [2.75, 3.05) is 11.0 Å². The smallest absolute Gasteiger partial charge is 0.260 e. The van der Waals surface area contributed by atoms with Crippen molar-refractivity contribution in [2.24, 2.45) is 7.05 Å². The lowest BCUT2D eigenvalue weighted by Crippen LogP contribution is -2.18. The van der Waals surface area contributed by atoms with Crippen molar-refractivity contribution in [1.82, 2.24) is 9.55 Å². The van der Waals surface area contributed by atoms with E-state index in [2.05, 4.69) is 9.71 Å². The molecule has 0 radical (unpaired) electrons. The Hall–Kier alpha value is -2.22. The highest BCUT2D eigenvalue weighted by Crippen LogP contribution is 2.20. The zero-order valence-electron chi connectivity index (χ0n) is 10.2. The van der Waals surface area contributed by atoms with Gasteiger partial charge >= 0.3 is 0 Å². The fraction of sp³-hybridized carbons (Fsp3) is 0.182. The van der Waals surface area contributed by atoms with Crippen molar-refractivity contribution in [1.29, 1.82) is 0 Å². The first kappa shape index (κ1) is 13.2. The molecule has 0 atom stereocenters. The number of nitrogens with zero attached hydrogens (tertiary/aromatic N) is 2. The zero-order chi connectivity index (χ0) is 14.2. The van der Waals surface area contributed by atoms with Crippen LogP contribution in [0.4, 0.5) is 5.69 Å². The van der Waals surface area contributed by atoms with Gasteiger partial charge in [-0.15, -0.1) is 0 Å². The minimum Gasteiger partial charge on any atom is -0.302 e. The maximum absolute atomic E-state index is 11.9. The second-order valence-electron chi connectivity index (χ2n) is 4.11. The molecule has 7 nitrogen and oxygen atoms in total. The monoisotopic (exact) mass is 281 g/mol. The number of anilines is 1. The molecule has 19 heavy (non-hydrogen) atoms. The van der Waals surface area contributed by atoms with E-state index in [0.717, 1.165) is 6.26 Å². The van der Waals surface area contributed by atoms with Crippen molar-refractivity contribution in [3.8, 4) is 0 Å². The lowest BCUT2D eigenvalue weighted by Gasteiger charge is -2.08. The van der Waals surface area contributed by atoms with Crippen molar-refractivity contribution >= 4 is 32.9 Å². The zero-order valence-corrected chi connectivity index (χ0v) is 11.1. The van der Waals surface area contributed by atoms with E-state index in [9.17, 15) is 18.0 Å². The van der Waals surface area contributed by atoms with Crippen LogP contribution < -0.4 is 10.3 Å². The molecular weight excluding hydrogens is 270 g/mol. The number of carbonyl (C=O) groups excluding carboxylic acids is 1. The second kappa shape index (κ2) is 4.47. The SMILES string of the molecule is Cn1cnc2cc(NS(C)(=O)=O)c(C=O)cc2c1=O. The Bertz CT molecular complexity index is 824. The summed E-state index contributed by atoms with van der Waals surface area (Å²) < 4.78 is 25.9. The summed E-state index contributed by atoms with van der Waals surface area (Å²) in [5.41, 5.74) is 0.202. The third kappa shape index (κ3) is 2.63. The second-order valence-corrected chi connectivity index (χ2v) is 5.86. The van der Waals surface area contributed by atoms with Gasteiger partial charge < -0.3 is 4.57 Å². The third-order valence-electron chi connectivity index (χ3n) is 2.51. The molecular formula is C11H11N3O4S. The summed E-state index contributed by atoms with van der Waals surface area (Å²) >= 11 is 0. The number of aldehydes is 1. The molecule has 0 aliphatic heterocycles. The maximum Gasteiger partial charge on any atom is 0.260 e. The number of fused-ring (bicyclic) bond motifs is 1. The van der Waals surface area contributed by atoms with E-state index in [-0.39, 0.29) is 22.2 Å². The Morgan fingerprint density at radius 1 is 1.37 bits per heavy atom. The summed E-state index contributed by atoms with van der Waals surface area (Å²) in [4.78, 5) is 26.9. The van der Waals surface area contributed by atoms with E-state index in [0.29, 0.717) is 11.8 Å². The molecule has 0 aliphatic carbocycles. The largest absolute Gasteiger partial charge is 0.302 e. The fourth-order valence-electron chi connectivity index (χ4n) is 1.66. The molecule has 100 valence electrons. The van der Waals surface area contributed by atoms with Gasteiger partial charge in [-0.05, 0) is 12.1 Å². The Morgan fingerprint density at radius 3 is 2.63 bits per heavy atom. The minimum absolute atomic E-state index is 0.0861. The van der Waals surface area contributed by atoms with Gasteiger partial charge in [-0.25, -0.2) is 13.4 Å². The Morgan fingerprint density at radius 2 is 2.05 bits per heavy atom. The molecule has 8 heteroatoms. The highest BCUT2D eigenvalue weighted by atomic mass is 32.2. The summed E-state index contributed by atoms with van der Waals surface area (Å²) in [7, 11) is -1.98. The van der Waals surface area contributed by atoms with Crippen LogP contribution >= 0.6 is 0 Å². The standard InChI is InChI=1S/C11H11N3O4S/c1-14-6-12-10-4-9(13-19(2,17)18)7(5-15)3-8(10)11(14)16/h3-6,13H,1-2H3. The normalized spacial score (nSPS) is 11.5. The Labute approximate surface area is 108 Å². The van der Waals surface area contributed by atoms with Crippen LogP contribution in [0.2, 0.25) is 0 Å². The van der Waals surface area contributed by atoms with Crippen molar-refractivity contribution in [3.63, 3.8) is 0 Å². The fourth-order valence-corrected chi connectivity index (χ4v) is 2.24. The molecule has 0 spiro atoms. The van der Waals surface area contributed by atoms with Gasteiger partial charge in [0.25, 0.3) is 5.56 Å². The molecule has 0 bridgehead atoms. The van der Waals surface area contributed by atoms with Gasteiger partial charge in [0.2, 0.25) is 10.0 Å². The lowest BCUT2D eigenvalue weighted by atomic mass is 10.1. The van der Waals surface area contributed by atoms with E-state index in [1.165, 1.54) is 30.1 Å². The topological polar surface area (TPSA) is 98.1 Å². The average molecular weight is 281 g/mol. The molecule has 0 saturated carbocycles. The van der Waals surface area contributed by atoms with Gasteiger partial charge in [0.15, 0.2) is 6.29 Å². The molecule has 0 aliphatic rings. The maximum atomic E-state index is 11.9. The van der Waals surface area contributed by atoms with Crippen LogP contribution in [-0.2, 0) is 17.1 Å². The van der Waals surface area contributed by atoms with Crippen molar-refractivity contribution in [3.05, 3.63) is 34.4 Å². The molecule has 0 saturated heterocycles. The molecule has 0 fully saturated rings. The first-order valence-corrected chi connectivity index (χ1v) is 7.13. The van der Waals surface area contributed by atoms with E-state index in [1.54, 1.807) is 0 Å². The first-order valence-electron chi connectivity index (χ1n) is 5.24. The predicted octanol–water partition coefficient (Wildman–Crippen LogP) is 0.117. The molecule has 1 aromatic carbocycles. The number of sulfonamides is 1. The number of nitrogens with one attached hydrogen (secondary N) is 1. The lowest BCUT2D eigenvalue weighted by molar-refractivity contribution is 0.112. The Kier molecular flexibility index (Phi) is 3.11. The summed E-state index contributed by atoms with van der Waals surface area (Å²) in [6.07, 6.45) is 2.79. The van der Waals surface area contributed by atoms with Crippen LogP contribution in [0.25, 0.3) is 10.9 Å². The number of benzene rings is 1. The highest BCUT2D eigenvalue weighted by molar-refractivity contribution is 7.92. The van der Waals surface area contributed by atoms with Crippen LogP contribution in [0.1, 0.15) is 10.4 Å². The van der Waals surface area contributed by atoms with Crippen LogP contribution in [-0.4, -0.2) is 30.5 Å². The third-order valence-corrected chi connectivity index (χ3v) is 3.10. The van der Waals surface area contributed by atoms with Crippen LogP contribution in [0.5, 0.6) is 0 Å². The quantitative estimate of drug-likeness (QED) is 0.806. The summed E-state index contributed by atoms with van der Waals surface area (Å²) in [6.45, 7) is 0. The molecule has 1 aromatic heterocycles. The van der Waals surface area contributed by atoms with E-state index < -0.39 is 10.0 Å². The van der Waals surface area contributed by atoms with E-state index in [1.807, 2.05) is 0 Å². The predicted molar refractivity (Wildman–Crippen MR) is 70.8 cm³/mol. The molecule has 2 rings (SSSR count). The summed E-state index contributed by atoms with van der Waals surface area (Å²) in [6, 6.07) is 2.69. The van der Waals surface area contributed by atoms with Gasteiger partial charge in [-0.1, -0.05) is 0 Å². The number of rotatable bonds is 3. The van der Waals surface area contributed by atoms with Gasteiger partial charge in [0.1, 0.15) is 0 Å². The van der Waals surface area contributed by atoms with Crippen molar-refractivity contribution in [2.45, 2.75) is 0 Å². The Balaban J connectivity index is 2.78. The minimum atomic E-state index is -3.52. The number of aryl methyl sites for hydroxylation is 1. The summed E-state index contributed by atoms with van der Waals surface area (Å²) in [5, 5.41) is 0.256. The van der Waals surface area contributed by atoms with Crippen LogP contribution in [0.3, 0.4) is 0 Å². The average Bonchev–Trinajstić information content (AvgIpc) is 2.32. The number of aromatic nitrogens is 2. The molecule has 0 unspecified atom stereocenters. The number of hydrogen-bond donors (Lipinski definition) is 1. The molecule has 1 heterocycles. The molecule has 1 N–H and O–H groups in total. The number of hydrogen-bond acceptors (Lipinski definition) is 5. The van der Waals surface area contributed by atoms with Gasteiger partial charge in [-0.2, -0.15) is 0 Å². The number of carbonyl (C=O) groups is 1. The molecule has 2 aromatic rings.